The third-order valence-corrected chi connectivity index (χ3v) is 3.80. The first-order chi connectivity index (χ1) is 10.7. The summed E-state index contributed by atoms with van der Waals surface area (Å²) in [6.45, 7) is 10.3. The van der Waals surface area contributed by atoms with Crippen LogP contribution in [0.15, 0.2) is 30.3 Å². The van der Waals surface area contributed by atoms with Gasteiger partial charge >= 0.3 is 0 Å². The van der Waals surface area contributed by atoms with Crippen molar-refractivity contribution in [1.82, 2.24) is 9.88 Å². The number of carbonyl (C=O) groups excluding carboxylic acids is 1. The Balaban J connectivity index is 2.54. The summed E-state index contributed by atoms with van der Waals surface area (Å²) >= 11 is 0. The maximum absolute atomic E-state index is 13.0. The molecule has 1 N–H and O–H groups in total. The van der Waals surface area contributed by atoms with Crippen LogP contribution in [0, 0.1) is 0 Å². The fraction of sp³-hybridized carbons (Fsp3) is 0.474. The van der Waals surface area contributed by atoms with E-state index in [0.717, 1.165) is 16.6 Å². The van der Waals surface area contributed by atoms with Gasteiger partial charge in [0.1, 0.15) is 0 Å². The van der Waals surface area contributed by atoms with Gasteiger partial charge in [0, 0.05) is 24.2 Å². The van der Waals surface area contributed by atoms with E-state index >= 15 is 0 Å². The smallest absolute Gasteiger partial charge is 0.254 e. The summed E-state index contributed by atoms with van der Waals surface area (Å²) in [5.41, 5.74) is 1.48. The normalized spacial score (nSPS) is 12.0. The zero-order valence-corrected chi connectivity index (χ0v) is 14.6. The first kappa shape index (κ1) is 17.4. The molecule has 2 aromatic rings. The highest BCUT2D eigenvalue weighted by molar-refractivity contribution is 6.06. The van der Waals surface area contributed by atoms with Gasteiger partial charge in [0.05, 0.1) is 16.7 Å². The summed E-state index contributed by atoms with van der Waals surface area (Å²) in [5.74, 6) is 0.186. The fourth-order valence-corrected chi connectivity index (χ4v) is 2.63. The fourth-order valence-electron chi connectivity index (χ4n) is 2.63. The van der Waals surface area contributed by atoms with Crippen LogP contribution in [-0.2, 0) is 0 Å². The molecule has 0 spiro atoms. The molecule has 2 rings (SSSR count). The van der Waals surface area contributed by atoms with E-state index in [4.69, 9.17) is 0 Å². The molecule has 23 heavy (non-hydrogen) atoms. The molecule has 0 unspecified atom stereocenters. The van der Waals surface area contributed by atoms with Crippen LogP contribution in [0.3, 0.4) is 0 Å². The number of fused-ring (bicyclic) bond motifs is 1. The van der Waals surface area contributed by atoms with Crippen LogP contribution in [0.5, 0.6) is 0 Å². The summed E-state index contributed by atoms with van der Waals surface area (Å²) in [5, 5.41) is 10.9. The van der Waals surface area contributed by atoms with Crippen molar-refractivity contribution < 1.29 is 9.90 Å². The van der Waals surface area contributed by atoms with E-state index in [-0.39, 0.29) is 11.8 Å². The number of para-hydroxylation sites is 1. The standard InChI is InChI=1S/C19H26N2O2/c1-6-21(12-19(4,5)23)18(22)15-11-17(13(2)3)20-16-10-8-7-9-14(15)16/h7-11,13,23H,6,12H2,1-5H3. The van der Waals surface area contributed by atoms with Gasteiger partial charge in [0.25, 0.3) is 5.91 Å². The number of benzene rings is 1. The molecule has 4 heteroatoms. The van der Waals surface area contributed by atoms with E-state index in [0.29, 0.717) is 18.7 Å². The minimum atomic E-state index is -0.921. The average Bonchev–Trinajstić information content (AvgIpc) is 2.49. The molecule has 0 aliphatic carbocycles. The lowest BCUT2D eigenvalue weighted by Gasteiger charge is -2.28. The molecule has 0 saturated carbocycles. The third kappa shape index (κ3) is 4.08. The topological polar surface area (TPSA) is 53.4 Å². The van der Waals surface area contributed by atoms with Crippen molar-refractivity contribution in [3.8, 4) is 0 Å². The van der Waals surface area contributed by atoms with E-state index in [1.807, 2.05) is 37.3 Å². The second-order valence-electron chi connectivity index (χ2n) is 6.90. The summed E-state index contributed by atoms with van der Waals surface area (Å²) in [6.07, 6.45) is 0. The number of hydrogen-bond acceptors (Lipinski definition) is 3. The highest BCUT2D eigenvalue weighted by atomic mass is 16.3. The molecule has 0 fully saturated rings. The number of hydrogen-bond donors (Lipinski definition) is 1. The maximum Gasteiger partial charge on any atom is 0.254 e. The number of pyridine rings is 1. The quantitative estimate of drug-likeness (QED) is 0.917. The van der Waals surface area contributed by atoms with E-state index in [1.165, 1.54) is 0 Å². The molecule has 0 radical (unpaired) electrons. The summed E-state index contributed by atoms with van der Waals surface area (Å²) < 4.78 is 0. The van der Waals surface area contributed by atoms with Crippen LogP contribution in [0.25, 0.3) is 10.9 Å². The van der Waals surface area contributed by atoms with Crippen molar-refractivity contribution in [2.75, 3.05) is 13.1 Å². The maximum atomic E-state index is 13.0. The monoisotopic (exact) mass is 314 g/mol. The molecule has 4 nitrogen and oxygen atoms in total. The van der Waals surface area contributed by atoms with Crippen molar-refractivity contribution in [2.45, 2.75) is 46.1 Å². The molecule has 1 amide bonds. The molecular weight excluding hydrogens is 288 g/mol. The summed E-state index contributed by atoms with van der Waals surface area (Å²) in [6, 6.07) is 9.61. The number of carbonyl (C=O) groups is 1. The number of aromatic nitrogens is 1. The minimum Gasteiger partial charge on any atom is -0.389 e. The zero-order chi connectivity index (χ0) is 17.2. The van der Waals surface area contributed by atoms with Gasteiger partial charge in [0.15, 0.2) is 0 Å². The van der Waals surface area contributed by atoms with Crippen LogP contribution in [-0.4, -0.2) is 39.6 Å². The number of nitrogens with zero attached hydrogens (tertiary/aromatic N) is 2. The molecule has 0 saturated heterocycles. The van der Waals surface area contributed by atoms with Gasteiger partial charge in [0.2, 0.25) is 0 Å². The lowest BCUT2D eigenvalue weighted by molar-refractivity contribution is 0.0315. The highest BCUT2D eigenvalue weighted by Crippen LogP contribution is 2.24. The number of likely N-dealkylation sites (N-methyl/N-ethyl adjacent to an activating group) is 1. The van der Waals surface area contributed by atoms with Crippen LogP contribution in [0.2, 0.25) is 0 Å². The minimum absolute atomic E-state index is 0.0601. The number of aliphatic hydroxyl groups is 1. The van der Waals surface area contributed by atoms with Gasteiger partial charge in [-0.2, -0.15) is 0 Å². The van der Waals surface area contributed by atoms with Gasteiger partial charge in [-0.15, -0.1) is 0 Å². The van der Waals surface area contributed by atoms with Gasteiger partial charge in [-0.05, 0) is 38.8 Å². The number of amides is 1. The predicted octanol–water partition coefficient (Wildman–Crippen LogP) is 3.59. The Kier molecular flexibility index (Phi) is 5.05. The van der Waals surface area contributed by atoms with Gasteiger partial charge < -0.3 is 10.0 Å². The molecule has 124 valence electrons. The molecule has 1 aromatic carbocycles. The van der Waals surface area contributed by atoms with Crippen molar-refractivity contribution in [3.05, 3.63) is 41.6 Å². The predicted molar refractivity (Wildman–Crippen MR) is 93.7 cm³/mol. The Morgan fingerprint density at radius 1 is 1.30 bits per heavy atom. The van der Waals surface area contributed by atoms with Crippen LogP contribution in [0.4, 0.5) is 0 Å². The van der Waals surface area contributed by atoms with Gasteiger partial charge in [-0.3, -0.25) is 9.78 Å². The molecule has 0 aliphatic heterocycles. The largest absolute Gasteiger partial charge is 0.389 e. The van der Waals surface area contributed by atoms with E-state index in [1.54, 1.807) is 18.7 Å². The van der Waals surface area contributed by atoms with Crippen molar-refractivity contribution in [2.24, 2.45) is 0 Å². The highest BCUT2D eigenvalue weighted by Gasteiger charge is 2.24. The van der Waals surface area contributed by atoms with E-state index < -0.39 is 5.60 Å². The molecule has 0 bridgehead atoms. The Morgan fingerprint density at radius 3 is 2.52 bits per heavy atom. The Labute approximate surface area is 138 Å². The molecule has 1 aromatic heterocycles. The van der Waals surface area contributed by atoms with Crippen LogP contribution in [0.1, 0.15) is 56.6 Å². The summed E-state index contributed by atoms with van der Waals surface area (Å²) in [4.78, 5) is 19.4. The van der Waals surface area contributed by atoms with Gasteiger partial charge in [-0.25, -0.2) is 0 Å². The second kappa shape index (κ2) is 6.67. The Morgan fingerprint density at radius 2 is 1.96 bits per heavy atom. The van der Waals surface area contributed by atoms with Crippen LogP contribution >= 0.6 is 0 Å². The zero-order valence-electron chi connectivity index (χ0n) is 14.6. The van der Waals surface area contributed by atoms with E-state index in [9.17, 15) is 9.90 Å². The SMILES string of the molecule is CCN(CC(C)(C)O)C(=O)c1cc(C(C)C)nc2ccccc12. The summed E-state index contributed by atoms with van der Waals surface area (Å²) in [7, 11) is 0. The number of rotatable bonds is 5. The second-order valence-corrected chi connectivity index (χ2v) is 6.90. The lowest BCUT2D eigenvalue weighted by atomic mass is 10.0. The first-order valence-corrected chi connectivity index (χ1v) is 8.14. The average molecular weight is 314 g/mol. The van der Waals surface area contributed by atoms with Crippen molar-refractivity contribution in [1.29, 1.82) is 0 Å². The van der Waals surface area contributed by atoms with Gasteiger partial charge in [-0.1, -0.05) is 32.0 Å². The third-order valence-electron chi connectivity index (χ3n) is 3.80. The molecule has 0 aliphatic rings. The molecular formula is C19H26N2O2. The van der Waals surface area contributed by atoms with E-state index in [2.05, 4.69) is 18.8 Å². The first-order valence-electron chi connectivity index (χ1n) is 8.14. The molecule has 1 heterocycles. The van der Waals surface area contributed by atoms with Crippen molar-refractivity contribution in [3.63, 3.8) is 0 Å². The van der Waals surface area contributed by atoms with Crippen molar-refractivity contribution >= 4 is 16.8 Å². The Bertz CT molecular complexity index is 702. The van der Waals surface area contributed by atoms with Crippen LogP contribution < -0.4 is 0 Å². The Hall–Kier alpha value is -1.94. The lowest BCUT2D eigenvalue weighted by Crippen LogP contribution is -2.42. The molecule has 0 atom stereocenters.